The molecule has 0 aromatic heterocycles. The van der Waals surface area contributed by atoms with Gasteiger partial charge in [0.1, 0.15) is 5.75 Å². The molecule has 0 aliphatic carbocycles. The van der Waals surface area contributed by atoms with Crippen LogP contribution in [0.4, 0.5) is 18.0 Å². The smallest absolute Gasteiger partial charge is 0.422 e. The van der Waals surface area contributed by atoms with E-state index in [2.05, 4.69) is 10.1 Å². The number of aliphatic hydroxyl groups excluding tert-OH is 1. The predicted octanol–water partition coefficient (Wildman–Crippen LogP) is 3.24. The van der Waals surface area contributed by atoms with E-state index in [0.29, 0.717) is 11.3 Å². The Morgan fingerprint density at radius 2 is 1.76 bits per heavy atom. The Kier molecular flexibility index (Phi) is 9.33. The lowest BCUT2D eigenvalue weighted by atomic mass is 10.0. The van der Waals surface area contributed by atoms with Crippen molar-refractivity contribution in [2.45, 2.75) is 43.5 Å². The summed E-state index contributed by atoms with van der Waals surface area (Å²) in [5.74, 6) is 0.512. The maximum atomic E-state index is 13.5. The van der Waals surface area contributed by atoms with Gasteiger partial charge in [-0.1, -0.05) is 26.0 Å². The third kappa shape index (κ3) is 8.13. The Labute approximate surface area is 218 Å². The van der Waals surface area contributed by atoms with Crippen molar-refractivity contribution in [2.75, 3.05) is 26.5 Å². The van der Waals surface area contributed by atoms with Gasteiger partial charge in [-0.15, -0.1) is 0 Å². The molecule has 210 valence electrons. The molecule has 0 saturated heterocycles. The SMILES string of the molecule is CC(C)CN(C[C@H](O)[C@H](Cc1ccc(OCC(F)(F)F)cc1)NC(=O)O)S(=O)(=O)c1ccc2c(c1)OCO2. The molecule has 3 rings (SSSR count). The van der Waals surface area contributed by atoms with Crippen molar-refractivity contribution in [2.24, 2.45) is 5.92 Å². The molecule has 0 bridgehead atoms. The summed E-state index contributed by atoms with van der Waals surface area (Å²) < 4.78 is 80.2. The quantitative estimate of drug-likeness (QED) is 0.359. The van der Waals surface area contributed by atoms with Crippen molar-refractivity contribution in [1.82, 2.24) is 9.62 Å². The molecule has 10 nitrogen and oxygen atoms in total. The average Bonchev–Trinajstić information content (AvgIpc) is 3.29. The monoisotopic (exact) mass is 562 g/mol. The molecule has 1 aliphatic rings. The minimum atomic E-state index is -4.50. The number of alkyl halides is 3. The van der Waals surface area contributed by atoms with Crippen LogP contribution in [0.2, 0.25) is 0 Å². The highest BCUT2D eigenvalue weighted by molar-refractivity contribution is 7.89. The first-order chi connectivity index (χ1) is 17.7. The second-order valence-corrected chi connectivity index (χ2v) is 11.0. The molecule has 2 aromatic rings. The van der Waals surface area contributed by atoms with E-state index < -0.39 is 47.6 Å². The number of hydrogen-bond acceptors (Lipinski definition) is 7. The normalized spacial score (nSPS) is 14.9. The van der Waals surface area contributed by atoms with E-state index in [4.69, 9.17) is 9.47 Å². The fourth-order valence-corrected chi connectivity index (χ4v) is 5.42. The summed E-state index contributed by atoms with van der Waals surface area (Å²) in [6.07, 6.45) is -7.46. The molecule has 0 fully saturated rings. The van der Waals surface area contributed by atoms with E-state index in [1.807, 2.05) is 0 Å². The summed E-state index contributed by atoms with van der Waals surface area (Å²) in [5.41, 5.74) is 0.483. The van der Waals surface area contributed by atoms with Crippen LogP contribution in [0.25, 0.3) is 0 Å². The number of sulfonamides is 1. The number of aliphatic hydroxyl groups is 1. The Morgan fingerprint density at radius 3 is 2.37 bits per heavy atom. The number of nitrogens with one attached hydrogen (secondary N) is 1. The third-order valence-electron chi connectivity index (χ3n) is 5.50. The van der Waals surface area contributed by atoms with Crippen LogP contribution in [0.5, 0.6) is 17.2 Å². The van der Waals surface area contributed by atoms with Crippen molar-refractivity contribution in [3.8, 4) is 17.2 Å². The maximum Gasteiger partial charge on any atom is 0.422 e. The molecule has 1 heterocycles. The second kappa shape index (κ2) is 12.1. The molecule has 3 N–H and O–H groups in total. The van der Waals surface area contributed by atoms with Gasteiger partial charge in [-0.25, -0.2) is 13.2 Å². The summed E-state index contributed by atoms with van der Waals surface area (Å²) in [4.78, 5) is 11.3. The number of halogens is 3. The minimum absolute atomic E-state index is 0.0349. The van der Waals surface area contributed by atoms with Gasteiger partial charge in [0.05, 0.1) is 17.0 Å². The number of rotatable bonds is 12. The van der Waals surface area contributed by atoms with Gasteiger partial charge < -0.3 is 29.7 Å². The van der Waals surface area contributed by atoms with E-state index in [0.717, 1.165) is 4.31 Å². The van der Waals surface area contributed by atoms with Crippen molar-refractivity contribution in [3.05, 3.63) is 48.0 Å². The summed E-state index contributed by atoms with van der Waals surface area (Å²) in [6.45, 7) is 1.71. The van der Waals surface area contributed by atoms with Crippen molar-refractivity contribution >= 4 is 16.1 Å². The van der Waals surface area contributed by atoms with Crippen LogP contribution in [-0.4, -0.2) is 73.8 Å². The van der Waals surface area contributed by atoms with E-state index >= 15 is 0 Å². The molecule has 38 heavy (non-hydrogen) atoms. The molecule has 0 saturated carbocycles. The molecule has 2 atom stereocenters. The van der Waals surface area contributed by atoms with Crippen LogP contribution in [0, 0.1) is 5.92 Å². The number of fused-ring (bicyclic) bond motifs is 1. The molecule has 1 amide bonds. The Hall–Kier alpha value is -3.23. The van der Waals surface area contributed by atoms with Crippen LogP contribution in [0.15, 0.2) is 47.4 Å². The topological polar surface area (TPSA) is 135 Å². The zero-order chi connectivity index (χ0) is 28.1. The summed E-state index contributed by atoms with van der Waals surface area (Å²) >= 11 is 0. The van der Waals surface area contributed by atoms with Gasteiger partial charge in [0.2, 0.25) is 16.8 Å². The Balaban J connectivity index is 1.77. The largest absolute Gasteiger partial charge is 0.484 e. The van der Waals surface area contributed by atoms with Gasteiger partial charge in [0.25, 0.3) is 0 Å². The molecule has 0 unspecified atom stereocenters. The standard InChI is InChI=1S/C24H29F3N2O8S/c1-15(2)11-29(38(33,34)18-7-8-21-22(10-18)37-14-36-21)12-20(30)19(28-23(31)32)9-16-3-5-17(6-4-16)35-13-24(25,26)27/h3-8,10,15,19-20,28,30H,9,11-14H2,1-2H3,(H,31,32)/t19-,20-/m0/s1. The number of hydrogen-bond donors (Lipinski definition) is 3. The zero-order valence-corrected chi connectivity index (χ0v) is 21.5. The van der Waals surface area contributed by atoms with Gasteiger partial charge in [-0.3, -0.25) is 0 Å². The number of carboxylic acid groups (broad SMARTS) is 1. The van der Waals surface area contributed by atoms with Gasteiger partial charge >= 0.3 is 12.3 Å². The number of amides is 1. The van der Waals surface area contributed by atoms with E-state index in [-0.39, 0.29) is 42.1 Å². The first kappa shape index (κ1) is 29.3. The lowest BCUT2D eigenvalue weighted by Gasteiger charge is -2.30. The molecule has 14 heteroatoms. The number of ether oxygens (including phenoxy) is 3. The molecular weight excluding hydrogens is 533 g/mol. The second-order valence-electron chi connectivity index (χ2n) is 9.11. The third-order valence-corrected chi connectivity index (χ3v) is 7.32. The molecular formula is C24H29F3N2O8S. The minimum Gasteiger partial charge on any atom is -0.484 e. The van der Waals surface area contributed by atoms with Gasteiger partial charge in [0.15, 0.2) is 18.1 Å². The zero-order valence-electron chi connectivity index (χ0n) is 20.6. The Morgan fingerprint density at radius 1 is 1.11 bits per heavy atom. The van der Waals surface area contributed by atoms with Crippen LogP contribution in [0.3, 0.4) is 0 Å². The van der Waals surface area contributed by atoms with Crippen LogP contribution in [0.1, 0.15) is 19.4 Å². The highest BCUT2D eigenvalue weighted by Gasteiger charge is 2.32. The first-order valence-electron chi connectivity index (χ1n) is 11.6. The maximum absolute atomic E-state index is 13.5. The molecule has 0 radical (unpaired) electrons. The highest BCUT2D eigenvalue weighted by atomic mass is 32.2. The van der Waals surface area contributed by atoms with Gasteiger partial charge in [-0.05, 0) is 42.2 Å². The van der Waals surface area contributed by atoms with Crippen LogP contribution < -0.4 is 19.5 Å². The van der Waals surface area contributed by atoms with E-state index in [1.165, 1.54) is 42.5 Å². The van der Waals surface area contributed by atoms with Crippen LogP contribution >= 0.6 is 0 Å². The first-order valence-corrected chi connectivity index (χ1v) is 13.0. The summed E-state index contributed by atoms with van der Waals surface area (Å²) in [6, 6.07) is 8.48. The van der Waals surface area contributed by atoms with E-state index in [9.17, 15) is 36.6 Å². The highest BCUT2D eigenvalue weighted by Crippen LogP contribution is 2.35. The van der Waals surface area contributed by atoms with Gasteiger partial charge in [-0.2, -0.15) is 17.5 Å². The van der Waals surface area contributed by atoms with Crippen molar-refractivity contribution in [1.29, 1.82) is 0 Å². The summed E-state index contributed by atoms with van der Waals surface area (Å²) in [5, 5.41) is 22.5. The van der Waals surface area contributed by atoms with E-state index in [1.54, 1.807) is 13.8 Å². The Bertz CT molecular complexity index is 1210. The van der Waals surface area contributed by atoms with Crippen LogP contribution in [-0.2, 0) is 16.4 Å². The molecule has 1 aliphatic heterocycles. The average molecular weight is 563 g/mol. The number of nitrogens with zero attached hydrogens (tertiary/aromatic N) is 1. The molecule has 2 aromatic carbocycles. The fourth-order valence-electron chi connectivity index (χ4n) is 3.78. The number of carbonyl (C=O) groups is 1. The van der Waals surface area contributed by atoms with Crippen molar-refractivity contribution in [3.63, 3.8) is 0 Å². The fraction of sp³-hybridized carbons (Fsp3) is 0.458. The lowest BCUT2D eigenvalue weighted by Crippen LogP contribution is -2.50. The predicted molar refractivity (Wildman–Crippen MR) is 129 cm³/mol. The number of benzene rings is 2. The van der Waals surface area contributed by atoms with Crippen molar-refractivity contribution < 1.29 is 50.8 Å². The summed E-state index contributed by atoms with van der Waals surface area (Å²) in [7, 11) is -4.12. The lowest BCUT2D eigenvalue weighted by molar-refractivity contribution is -0.153. The van der Waals surface area contributed by atoms with Gasteiger partial charge in [0, 0.05) is 19.2 Å². The molecule has 0 spiro atoms.